The van der Waals surface area contributed by atoms with Crippen molar-refractivity contribution in [1.82, 2.24) is 5.32 Å². The van der Waals surface area contributed by atoms with Gasteiger partial charge in [0.2, 0.25) is 0 Å². The lowest BCUT2D eigenvalue weighted by Gasteiger charge is -2.17. The number of benzene rings is 1. The number of rotatable bonds is 6. The maximum absolute atomic E-state index is 12.1. The van der Waals surface area contributed by atoms with Gasteiger partial charge in [-0.25, -0.2) is 0 Å². The molecule has 104 valence electrons. The third kappa shape index (κ3) is 4.28. The Balaban J connectivity index is 2.72. The molecule has 19 heavy (non-hydrogen) atoms. The van der Waals surface area contributed by atoms with E-state index < -0.39 is 11.9 Å². The number of aliphatic carboxylic acids is 1. The molecule has 0 bridgehead atoms. The fourth-order valence-electron chi connectivity index (χ4n) is 1.74. The predicted octanol–water partition coefficient (Wildman–Crippen LogP) is 2.50. The largest absolute Gasteiger partial charge is 0.481 e. The van der Waals surface area contributed by atoms with Gasteiger partial charge >= 0.3 is 5.97 Å². The highest BCUT2D eigenvalue weighted by atomic mass is 32.2. The minimum atomic E-state index is -0.881. The van der Waals surface area contributed by atoms with Crippen molar-refractivity contribution in [3.05, 3.63) is 29.8 Å². The number of thioether (sulfide) groups is 1. The van der Waals surface area contributed by atoms with E-state index in [1.54, 1.807) is 12.1 Å². The maximum atomic E-state index is 12.1. The van der Waals surface area contributed by atoms with E-state index in [1.807, 2.05) is 32.2 Å². The van der Waals surface area contributed by atoms with Gasteiger partial charge in [-0.1, -0.05) is 26.0 Å². The van der Waals surface area contributed by atoms with Crippen molar-refractivity contribution < 1.29 is 14.7 Å². The van der Waals surface area contributed by atoms with Crippen molar-refractivity contribution in [3.8, 4) is 0 Å². The highest BCUT2D eigenvalue weighted by Crippen LogP contribution is 2.19. The number of carbonyl (C=O) groups is 2. The number of carboxylic acid groups (broad SMARTS) is 1. The fraction of sp³-hybridized carbons (Fsp3) is 0.429. The summed E-state index contributed by atoms with van der Waals surface area (Å²) in [5.74, 6) is -1.69. The average molecular weight is 281 g/mol. The van der Waals surface area contributed by atoms with Crippen molar-refractivity contribution in [2.45, 2.75) is 18.7 Å². The summed E-state index contributed by atoms with van der Waals surface area (Å²) in [5, 5.41) is 11.8. The minimum absolute atomic E-state index is 0.0198. The van der Waals surface area contributed by atoms with Gasteiger partial charge in [0.15, 0.2) is 0 Å². The Labute approximate surface area is 117 Å². The molecule has 0 aliphatic rings. The van der Waals surface area contributed by atoms with E-state index in [4.69, 9.17) is 5.11 Å². The first-order valence-electron chi connectivity index (χ1n) is 6.11. The van der Waals surface area contributed by atoms with Crippen molar-refractivity contribution in [1.29, 1.82) is 0 Å². The van der Waals surface area contributed by atoms with Crippen LogP contribution in [-0.2, 0) is 4.79 Å². The molecule has 0 heterocycles. The molecular formula is C14H19NO3S. The van der Waals surface area contributed by atoms with Gasteiger partial charge in [-0.05, 0) is 24.3 Å². The van der Waals surface area contributed by atoms with Gasteiger partial charge in [0, 0.05) is 11.4 Å². The summed E-state index contributed by atoms with van der Waals surface area (Å²) in [7, 11) is 0. The van der Waals surface area contributed by atoms with Gasteiger partial charge < -0.3 is 10.4 Å². The summed E-state index contributed by atoms with van der Waals surface area (Å²) in [5.41, 5.74) is 0.586. The fourth-order valence-corrected chi connectivity index (χ4v) is 2.33. The number of nitrogens with one attached hydrogen (secondary N) is 1. The zero-order chi connectivity index (χ0) is 14.4. The smallest absolute Gasteiger partial charge is 0.308 e. The summed E-state index contributed by atoms with van der Waals surface area (Å²) < 4.78 is 0. The molecule has 4 nitrogen and oxygen atoms in total. The van der Waals surface area contributed by atoms with Crippen LogP contribution in [0.2, 0.25) is 0 Å². The van der Waals surface area contributed by atoms with Crippen LogP contribution in [0.15, 0.2) is 29.2 Å². The van der Waals surface area contributed by atoms with Gasteiger partial charge in [0.1, 0.15) is 0 Å². The Bertz CT molecular complexity index is 460. The maximum Gasteiger partial charge on any atom is 0.308 e. The van der Waals surface area contributed by atoms with E-state index in [-0.39, 0.29) is 18.4 Å². The SMILES string of the molecule is CSc1ccccc1C(=O)NCC(C(=O)O)C(C)C. The van der Waals surface area contributed by atoms with Gasteiger partial charge in [-0.15, -0.1) is 11.8 Å². The highest BCUT2D eigenvalue weighted by molar-refractivity contribution is 7.98. The summed E-state index contributed by atoms with van der Waals surface area (Å²) in [4.78, 5) is 24.0. The van der Waals surface area contributed by atoms with Crippen LogP contribution < -0.4 is 5.32 Å². The second-order valence-electron chi connectivity index (χ2n) is 4.60. The molecule has 0 aliphatic heterocycles. The van der Waals surface area contributed by atoms with Crippen molar-refractivity contribution in [3.63, 3.8) is 0 Å². The first-order valence-corrected chi connectivity index (χ1v) is 7.33. The molecule has 0 saturated heterocycles. The zero-order valence-electron chi connectivity index (χ0n) is 11.3. The molecule has 0 aromatic heterocycles. The molecule has 1 rings (SSSR count). The van der Waals surface area contributed by atoms with Crippen LogP contribution in [-0.4, -0.2) is 29.8 Å². The van der Waals surface area contributed by atoms with E-state index in [9.17, 15) is 9.59 Å². The summed E-state index contributed by atoms with van der Waals surface area (Å²) in [6.07, 6.45) is 1.90. The van der Waals surface area contributed by atoms with Crippen molar-refractivity contribution >= 4 is 23.6 Å². The van der Waals surface area contributed by atoms with Crippen LogP contribution in [0.3, 0.4) is 0 Å². The lowest BCUT2D eigenvalue weighted by Crippen LogP contribution is -2.35. The van der Waals surface area contributed by atoms with E-state index in [0.29, 0.717) is 5.56 Å². The van der Waals surface area contributed by atoms with Crippen LogP contribution >= 0.6 is 11.8 Å². The molecule has 1 aromatic carbocycles. The third-order valence-corrected chi connectivity index (χ3v) is 3.75. The molecule has 5 heteroatoms. The van der Waals surface area contributed by atoms with Crippen LogP contribution in [0.4, 0.5) is 0 Å². The van der Waals surface area contributed by atoms with E-state index >= 15 is 0 Å². The molecule has 1 atom stereocenters. The van der Waals surface area contributed by atoms with E-state index in [2.05, 4.69) is 5.32 Å². The van der Waals surface area contributed by atoms with Gasteiger partial charge in [-0.3, -0.25) is 9.59 Å². The summed E-state index contributed by atoms with van der Waals surface area (Å²) >= 11 is 1.49. The second kappa shape index (κ2) is 7.19. The Morgan fingerprint density at radius 1 is 1.32 bits per heavy atom. The first-order chi connectivity index (χ1) is 8.97. The molecule has 1 amide bonds. The van der Waals surface area contributed by atoms with Crippen LogP contribution in [0.5, 0.6) is 0 Å². The lowest BCUT2D eigenvalue weighted by molar-refractivity contribution is -0.142. The number of amides is 1. The number of carboxylic acids is 1. The summed E-state index contributed by atoms with van der Waals surface area (Å²) in [6.45, 7) is 3.82. The predicted molar refractivity (Wildman–Crippen MR) is 76.5 cm³/mol. The van der Waals surface area contributed by atoms with Crippen LogP contribution in [0.1, 0.15) is 24.2 Å². The highest BCUT2D eigenvalue weighted by Gasteiger charge is 2.22. The first kappa shape index (κ1) is 15.6. The molecule has 0 fully saturated rings. The Morgan fingerprint density at radius 3 is 2.47 bits per heavy atom. The quantitative estimate of drug-likeness (QED) is 0.786. The van der Waals surface area contributed by atoms with Crippen molar-refractivity contribution in [2.24, 2.45) is 11.8 Å². The summed E-state index contributed by atoms with van der Waals surface area (Å²) in [6, 6.07) is 7.28. The number of hydrogen-bond donors (Lipinski definition) is 2. The van der Waals surface area contributed by atoms with E-state index in [0.717, 1.165) is 4.90 Å². The molecule has 1 aromatic rings. The molecule has 0 radical (unpaired) electrons. The molecule has 0 saturated carbocycles. The number of carbonyl (C=O) groups excluding carboxylic acids is 1. The lowest BCUT2D eigenvalue weighted by atomic mass is 9.96. The van der Waals surface area contributed by atoms with Crippen LogP contribution in [0, 0.1) is 11.8 Å². The Kier molecular flexibility index (Phi) is 5.89. The average Bonchev–Trinajstić information content (AvgIpc) is 2.37. The van der Waals surface area contributed by atoms with E-state index in [1.165, 1.54) is 11.8 Å². The Morgan fingerprint density at radius 2 is 1.95 bits per heavy atom. The molecule has 0 spiro atoms. The van der Waals surface area contributed by atoms with Crippen LogP contribution in [0.25, 0.3) is 0 Å². The molecule has 2 N–H and O–H groups in total. The topological polar surface area (TPSA) is 66.4 Å². The normalized spacial score (nSPS) is 12.2. The monoisotopic (exact) mass is 281 g/mol. The second-order valence-corrected chi connectivity index (χ2v) is 5.45. The van der Waals surface area contributed by atoms with Crippen molar-refractivity contribution in [2.75, 3.05) is 12.8 Å². The molecule has 0 aliphatic carbocycles. The van der Waals surface area contributed by atoms with Gasteiger partial charge in [-0.2, -0.15) is 0 Å². The standard InChI is InChI=1S/C14H19NO3S/c1-9(2)11(14(17)18)8-15-13(16)10-6-4-5-7-12(10)19-3/h4-7,9,11H,8H2,1-3H3,(H,15,16)(H,17,18). The Hall–Kier alpha value is -1.49. The zero-order valence-corrected chi connectivity index (χ0v) is 12.2. The third-order valence-electron chi connectivity index (χ3n) is 2.96. The molecular weight excluding hydrogens is 262 g/mol. The number of hydrogen-bond acceptors (Lipinski definition) is 3. The van der Waals surface area contributed by atoms with Gasteiger partial charge in [0.25, 0.3) is 5.91 Å². The van der Waals surface area contributed by atoms with Gasteiger partial charge in [0.05, 0.1) is 11.5 Å². The molecule has 1 unspecified atom stereocenters. The minimum Gasteiger partial charge on any atom is -0.481 e.